The van der Waals surface area contributed by atoms with Crippen molar-refractivity contribution in [2.45, 2.75) is 59.0 Å². The minimum atomic E-state index is -1.00. The Bertz CT molecular complexity index is 1040. The molecular formula is C28H37F2N3O3. The fourth-order valence-electron chi connectivity index (χ4n) is 4.58. The summed E-state index contributed by atoms with van der Waals surface area (Å²) in [6, 6.07) is 9.83. The van der Waals surface area contributed by atoms with Crippen molar-refractivity contribution in [2.24, 2.45) is 0 Å². The van der Waals surface area contributed by atoms with E-state index in [9.17, 15) is 18.4 Å². The number of nitrogens with zero attached hydrogens (tertiary/aromatic N) is 3. The van der Waals surface area contributed by atoms with E-state index in [1.165, 1.54) is 0 Å². The molecule has 0 saturated heterocycles. The van der Waals surface area contributed by atoms with Gasteiger partial charge in [-0.05, 0) is 56.0 Å². The number of hydrogen-bond donors (Lipinski definition) is 0. The van der Waals surface area contributed by atoms with Crippen LogP contribution in [0, 0.1) is 11.6 Å². The topological polar surface area (TPSA) is 53.1 Å². The van der Waals surface area contributed by atoms with Crippen LogP contribution in [0.5, 0.6) is 5.75 Å². The zero-order chi connectivity index (χ0) is 26.2. The third kappa shape index (κ3) is 7.03. The van der Waals surface area contributed by atoms with E-state index in [2.05, 4.69) is 18.7 Å². The molecule has 0 fully saturated rings. The highest BCUT2D eigenvalue weighted by atomic mass is 19.2. The third-order valence-corrected chi connectivity index (χ3v) is 6.67. The summed E-state index contributed by atoms with van der Waals surface area (Å²) in [6.45, 7) is 8.54. The van der Waals surface area contributed by atoms with Gasteiger partial charge in [0.2, 0.25) is 11.8 Å². The third-order valence-electron chi connectivity index (χ3n) is 6.67. The Labute approximate surface area is 212 Å². The number of fused-ring (bicyclic) bond motifs is 1. The number of halogens is 2. The van der Waals surface area contributed by atoms with Gasteiger partial charge in [-0.2, -0.15) is 0 Å². The molecule has 0 spiro atoms. The normalized spacial score (nSPS) is 15.8. The number of rotatable bonds is 5. The van der Waals surface area contributed by atoms with E-state index in [0.29, 0.717) is 42.6 Å². The first kappa shape index (κ1) is 27.6. The number of carbonyl (C=O) groups is 2. The Kier molecular flexibility index (Phi) is 9.81. The highest BCUT2D eigenvalue weighted by molar-refractivity contribution is 5.94. The number of ether oxygens (including phenoxy) is 1. The van der Waals surface area contributed by atoms with Crippen molar-refractivity contribution in [2.75, 3.05) is 38.2 Å². The summed E-state index contributed by atoms with van der Waals surface area (Å²) in [4.78, 5) is 31.9. The zero-order valence-electron chi connectivity index (χ0n) is 21.7. The summed E-state index contributed by atoms with van der Waals surface area (Å²) in [7, 11) is 1.59. The minimum absolute atomic E-state index is 0.0939. The lowest BCUT2D eigenvalue weighted by atomic mass is 10.1. The van der Waals surface area contributed by atoms with Gasteiger partial charge in [0.25, 0.3) is 0 Å². The molecule has 6 nitrogen and oxygen atoms in total. The molecule has 0 unspecified atom stereocenters. The van der Waals surface area contributed by atoms with Crippen LogP contribution in [0.1, 0.15) is 51.2 Å². The van der Waals surface area contributed by atoms with Gasteiger partial charge in [0.1, 0.15) is 5.75 Å². The summed E-state index contributed by atoms with van der Waals surface area (Å²) in [5, 5.41) is 0. The van der Waals surface area contributed by atoms with Crippen LogP contribution < -0.4 is 9.64 Å². The molecule has 8 heteroatoms. The van der Waals surface area contributed by atoms with Crippen LogP contribution in [-0.2, 0) is 22.6 Å². The molecule has 0 atom stereocenters. The first-order valence-electron chi connectivity index (χ1n) is 12.7. The largest absolute Gasteiger partial charge is 0.497 e. The standard InChI is InChI=1S/C28H37F2N3O3/c1-5-27(34)33-15-7-13-31(20(2)3)12-6-14-32(19-22-17-24(29)25(30)18-26(22)33)28(35)16-21-8-10-23(36-4)11-9-21/h8-11,17-18,20H,5-7,12-16,19H2,1-4H3. The molecule has 0 aliphatic carbocycles. The fraction of sp³-hybridized carbons (Fsp3) is 0.500. The number of amides is 2. The van der Waals surface area contributed by atoms with E-state index in [4.69, 9.17) is 4.74 Å². The van der Waals surface area contributed by atoms with E-state index in [1.54, 1.807) is 36.0 Å². The molecule has 196 valence electrons. The van der Waals surface area contributed by atoms with Gasteiger partial charge in [0, 0.05) is 51.3 Å². The van der Waals surface area contributed by atoms with Crippen molar-refractivity contribution in [3.05, 3.63) is 59.2 Å². The van der Waals surface area contributed by atoms with Crippen LogP contribution in [0.15, 0.2) is 36.4 Å². The number of methoxy groups -OCH3 is 1. The molecule has 0 aromatic heterocycles. The molecule has 3 rings (SSSR count). The zero-order valence-corrected chi connectivity index (χ0v) is 21.7. The van der Waals surface area contributed by atoms with E-state index >= 15 is 0 Å². The highest BCUT2D eigenvalue weighted by Crippen LogP contribution is 2.28. The van der Waals surface area contributed by atoms with Gasteiger partial charge in [0.15, 0.2) is 11.6 Å². The van der Waals surface area contributed by atoms with Gasteiger partial charge in [-0.3, -0.25) is 9.59 Å². The lowest BCUT2D eigenvalue weighted by Gasteiger charge is -2.33. The average Bonchev–Trinajstić information content (AvgIpc) is 2.86. The lowest BCUT2D eigenvalue weighted by Crippen LogP contribution is -2.41. The molecule has 2 aromatic carbocycles. The summed E-state index contributed by atoms with van der Waals surface area (Å²) >= 11 is 0. The van der Waals surface area contributed by atoms with Gasteiger partial charge in [-0.15, -0.1) is 0 Å². The molecule has 2 amide bonds. The summed E-state index contributed by atoms with van der Waals surface area (Å²) in [5.41, 5.74) is 1.60. The van der Waals surface area contributed by atoms with Gasteiger partial charge in [0.05, 0.1) is 19.2 Å². The van der Waals surface area contributed by atoms with Crippen LogP contribution in [-0.4, -0.2) is 60.9 Å². The van der Waals surface area contributed by atoms with E-state index in [0.717, 1.165) is 37.2 Å². The lowest BCUT2D eigenvalue weighted by molar-refractivity contribution is -0.131. The number of benzene rings is 2. The first-order chi connectivity index (χ1) is 17.2. The van der Waals surface area contributed by atoms with E-state index < -0.39 is 11.6 Å². The SMILES string of the molecule is CCC(=O)N1CCCN(C(C)C)CCCN(C(=O)Cc2ccc(OC)cc2)Cc2cc(F)c(F)cc21. The molecule has 1 aliphatic heterocycles. The molecule has 0 bridgehead atoms. The first-order valence-corrected chi connectivity index (χ1v) is 12.7. The molecular weight excluding hydrogens is 464 g/mol. The Hall–Kier alpha value is -3.00. The van der Waals surface area contributed by atoms with Crippen LogP contribution in [0.3, 0.4) is 0 Å². The van der Waals surface area contributed by atoms with Gasteiger partial charge < -0.3 is 19.4 Å². The quantitative estimate of drug-likeness (QED) is 0.591. The van der Waals surface area contributed by atoms with E-state index in [1.807, 2.05) is 12.1 Å². The van der Waals surface area contributed by atoms with Crippen molar-refractivity contribution in [1.82, 2.24) is 9.80 Å². The second-order valence-corrected chi connectivity index (χ2v) is 9.47. The molecule has 36 heavy (non-hydrogen) atoms. The second-order valence-electron chi connectivity index (χ2n) is 9.47. The molecule has 1 heterocycles. The minimum Gasteiger partial charge on any atom is -0.497 e. The molecule has 0 saturated carbocycles. The summed E-state index contributed by atoms with van der Waals surface area (Å²) < 4.78 is 33.9. The van der Waals surface area contributed by atoms with Crippen molar-refractivity contribution in [1.29, 1.82) is 0 Å². The van der Waals surface area contributed by atoms with Crippen molar-refractivity contribution >= 4 is 17.5 Å². The van der Waals surface area contributed by atoms with Gasteiger partial charge in [-0.25, -0.2) is 8.78 Å². The molecule has 2 aromatic rings. The van der Waals surface area contributed by atoms with Crippen molar-refractivity contribution < 1.29 is 23.1 Å². The van der Waals surface area contributed by atoms with E-state index in [-0.39, 0.29) is 31.2 Å². The van der Waals surface area contributed by atoms with Crippen LogP contribution in [0.25, 0.3) is 0 Å². The van der Waals surface area contributed by atoms with Crippen molar-refractivity contribution in [3.8, 4) is 5.75 Å². The predicted octanol–water partition coefficient (Wildman–Crippen LogP) is 4.79. The smallest absolute Gasteiger partial charge is 0.227 e. The Morgan fingerprint density at radius 3 is 2.19 bits per heavy atom. The Balaban J connectivity index is 1.97. The fourth-order valence-corrected chi connectivity index (χ4v) is 4.58. The van der Waals surface area contributed by atoms with Crippen LogP contribution in [0.2, 0.25) is 0 Å². The monoisotopic (exact) mass is 501 g/mol. The second kappa shape index (κ2) is 12.8. The number of carbonyl (C=O) groups excluding carboxylic acids is 2. The number of hydrogen-bond acceptors (Lipinski definition) is 4. The molecule has 0 N–H and O–H groups in total. The molecule has 0 radical (unpaired) electrons. The maximum atomic E-state index is 14.4. The van der Waals surface area contributed by atoms with Gasteiger partial charge >= 0.3 is 0 Å². The average molecular weight is 502 g/mol. The number of anilines is 1. The Morgan fingerprint density at radius 1 is 0.944 bits per heavy atom. The highest BCUT2D eigenvalue weighted by Gasteiger charge is 2.25. The maximum Gasteiger partial charge on any atom is 0.227 e. The molecule has 1 aliphatic rings. The van der Waals surface area contributed by atoms with Crippen LogP contribution in [0.4, 0.5) is 14.5 Å². The van der Waals surface area contributed by atoms with Crippen LogP contribution >= 0.6 is 0 Å². The van der Waals surface area contributed by atoms with Gasteiger partial charge in [-0.1, -0.05) is 19.1 Å². The Morgan fingerprint density at radius 2 is 1.58 bits per heavy atom. The summed E-state index contributed by atoms with van der Waals surface area (Å²) in [5.74, 6) is -1.56. The maximum absolute atomic E-state index is 14.4. The van der Waals surface area contributed by atoms with Crippen molar-refractivity contribution in [3.63, 3.8) is 0 Å². The predicted molar refractivity (Wildman–Crippen MR) is 137 cm³/mol. The summed E-state index contributed by atoms with van der Waals surface area (Å²) in [6.07, 6.45) is 1.88.